The molecule has 0 amide bonds. The van der Waals surface area contributed by atoms with Gasteiger partial charge in [-0.3, -0.25) is 0 Å². The van der Waals surface area contributed by atoms with Gasteiger partial charge in [0.15, 0.2) is 5.96 Å². The molecule has 2 rings (SSSR count). The van der Waals surface area contributed by atoms with Crippen LogP contribution in [0.4, 0.5) is 0 Å². The van der Waals surface area contributed by atoms with Gasteiger partial charge < -0.3 is 19.7 Å². The quantitative estimate of drug-likeness (QED) is 0.566. The molecule has 0 aliphatic rings. The molecule has 26 heavy (non-hydrogen) atoms. The third kappa shape index (κ3) is 6.22. The van der Waals surface area contributed by atoms with Crippen LogP contribution in [0.25, 0.3) is 0 Å². The number of benzene rings is 1. The minimum atomic E-state index is -0.0503. The Morgan fingerprint density at radius 1 is 1.38 bits per heavy atom. The number of thiazole rings is 1. The van der Waals surface area contributed by atoms with Gasteiger partial charge in [0.05, 0.1) is 30.9 Å². The van der Waals surface area contributed by atoms with Crippen molar-refractivity contribution in [3.63, 3.8) is 0 Å². The van der Waals surface area contributed by atoms with Crippen molar-refractivity contribution < 1.29 is 9.47 Å². The molecule has 0 bridgehead atoms. The Labute approximate surface area is 159 Å². The van der Waals surface area contributed by atoms with Gasteiger partial charge in [-0.15, -0.1) is 11.3 Å². The molecule has 1 aromatic heterocycles. The lowest BCUT2D eigenvalue weighted by Crippen LogP contribution is -2.39. The van der Waals surface area contributed by atoms with E-state index >= 15 is 0 Å². The van der Waals surface area contributed by atoms with E-state index in [1.807, 2.05) is 45.2 Å². The number of nitrogens with zero attached hydrogens (tertiary/aromatic N) is 3. The third-order valence-electron chi connectivity index (χ3n) is 3.64. The smallest absolute Gasteiger partial charge is 0.194 e. The monoisotopic (exact) mass is 376 g/mol. The Morgan fingerprint density at radius 2 is 2.15 bits per heavy atom. The van der Waals surface area contributed by atoms with Gasteiger partial charge in [-0.25, -0.2) is 9.98 Å². The summed E-state index contributed by atoms with van der Waals surface area (Å²) in [6, 6.07) is 7.61. The van der Waals surface area contributed by atoms with E-state index < -0.39 is 0 Å². The molecule has 1 atom stereocenters. The highest BCUT2D eigenvalue weighted by molar-refractivity contribution is 7.09. The van der Waals surface area contributed by atoms with Gasteiger partial charge in [0, 0.05) is 25.0 Å². The zero-order chi connectivity index (χ0) is 18.9. The molecule has 1 heterocycles. The summed E-state index contributed by atoms with van der Waals surface area (Å²) < 4.78 is 11.2. The van der Waals surface area contributed by atoms with Crippen LogP contribution in [0.5, 0.6) is 11.5 Å². The van der Waals surface area contributed by atoms with Crippen LogP contribution in [0.1, 0.15) is 24.5 Å². The fraction of sp³-hybridized carbons (Fsp3) is 0.474. The van der Waals surface area contributed by atoms with Crippen molar-refractivity contribution in [3.8, 4) is 11.5 Å². The standard InChI is InChI=1S/C19H28N4O2S/c1-6-20-19(23(4)12-16-13-26-15(3)22-16)21-11-14(2)25-18-9-7-8-17(10-18)24-5/h7-10,13-14H,6,11-12H2,1-5H3,(H,20,21). The number of rotatable bonds is 8. The van der Waals surface area contributed by atoms with E-state index in [0.29, 0.717) is 6.54 Å². The van der Waals surface area contributed by atoms with Crippen molar-refractivity contribution in [1.29, 1.82) is 0 Å². The first kappa shape index (κ1) is 20.0. The number of hydrogen-bond donors (Lipinski definition) is 1. The summed E-state index contributed by atoms with van der Waals surface area (Å²) in [5, 5.41) is 6.49. The number of methoxy groups -OCH3 is 1. The van der Waals surface area contributed by atoms with Crippen LogP contribution in [-0.4, -0.2) is 49.2 Å². The van der Waals surface area contributed by atoms with Crippen molar-refractivity contribution >= 4 is 17.3 Å². The number of aliphatic imine (C=N–C) groups is 1. The van der Waals surface area contributed by atoms with Gasteiger partial charge in [-0.05, 0) is 32.9 Å². The van der Waals surface area contributed by atoms with E-state index in [0.717, 1.165) is 41.2 Å². The lowest BCUT2D eigenvalue weighted by molar-refractivity contribution is 0.228. The third-order valence-corrected chi connectivity index (χ3v) is 4.46. The van der Waals surface area contributed by atoms with Crippen LogP contribution in [0.3, 0.4) is 0 Å². The number of hydrogen-bond acceptors (Lipinski definition) is 5. The molecule has 1 N–H and O–H groups in total. The van der Waals surface area contributed by atoms with Crippen molar-refractivity contribution in [3.05, 3.63) is 40.3 Å². The second-order valence-corrected chi connectivity index (χ2v) is 7.08. The number of nitrogens with one attached hydrogen (secondary N) is 1. The summed E-state index contributed by atoms with van der Waals surface area (Å²) >= 11 is 1.67. The molecule has 0 fully saturated rings. The van der Waals surface area contributed by atoms with Crippen LogP contribution >= 0.6 is 11.3 Å². The summed E-state index contributed by atoms with van der Waals surface area (Å²) in [5.41, 5.74) is 1.06. The highest BCUT2D eigenvalue weighted by Gasteiger charge is 2.10. The summed E-state index contributed by atoms with van der Waals surface area (Å²) in [6.07, 6.45) is -0.0503. The second-order valence-electron chi connectivity index (χ2n) is 6.02. The largest absolute Gasteiger partial charge is 0.497 e. The highest BCUT2D eigenvalue weighted by Crippen LogP contribution is 2.20. The van der Waals surface area contributed by atoms with E-state index in [4.69, 9.17) is 14.5 Å². The minimum Gasteiger partial charge on any atom is -0.497 e. The molecule has 0 aliphatic carbocycles. The number of ether oxygens (including phenoxy) is 2. The summed E-state index contributed by atoms with van der Waals surface area (Å²) in [5.74, 6) is 2.41. The summed E-state index contributed by atoms with van der Waals surface area (Å²) in [6.45, 7) is 8.18. The van der Waals surface area contributed by atoms with Gasteiger partial charge in [-0.2, -0.15) is 0 Å². The van der Waals surface area contributed by atoms with Crippen LogP contribution in [0.2, 0.25) is 0 Å². The van der Waals surface area contributed by atoms with Crippen molar-refractivity contribution in [1.82, 2.24) is 15.2 Å². The lowest BCUT2D eigenvalue weighted by Gasteiger charge is -2.22. The molecule has 0 spiro atoms. The van der Waals surface area contributed by atoms with Gasteiger partial charge >= 0.3 is 0 Å². The number of guanidine groups is 1. The normalized spacial score (nSPS) is 12.6. The zero-order valence-electron chi connectivity index (χ0n) is 16.2. The van der Waals surface area contributed by atoms with Crippen LogP contribution < -0.4 is 14.8 Å². The van der Waals surface area contributed by atoms with E-state index in [-0.39, 0.29) is 6.10 Å². The molecule has 0 aliphatic heterocycles. The Hall–Kier alpha value is -2.28. The molecule has 1 aromatic carbocycles. The van der Waals surface area contributed by atoms with Gasteiger partial charge in [0.2, 0.25) is 0 Å². The van der Waals surface area contributed by atoms with Crippen LogP contribution in [-0.2, 0) is 6.54 Å². The van der Waals surface area contributed by atoms with E-state index in [1.54, 1.807) is 18.4 Å². The SMILES string of the molecule is CCNC(=NCC(C)Oc1cccc(OC)c1)N(C)Cc1csc(C)n1. The van der Waals surface area contributed by atoms with Gasteiger partial charge in [0.1, 0.15) is 17.6 Å². The first-order chi connectivity index (χ1) is 12.5. The molecule has 2 aromatic rings. The van der Waals surface area contributed by atoms with E-state index in [2.05, 4.69) is 27.5 Å². The van der Waals surface area contributed by atoms with Gasteiger partial charge in [-0.1, -0.05) is 6.07 Å². The average Bonchev–Trinajstić information content (AvgIpc) is 3.03. The molecule has 142 valence electrons. The maximum atomic E-state index is 5.94. The molecule has 0 saturated heterocycles. The second kappa shape index (κ2) is 10.0. The lowest BCUT2D eigenvalue weighted by atomic mass is 10.3. The number of aromatic nitrogens is 1. The Kier molecular flexibility index (Phi) is 7.72. The molecule has 6 nitrogen and oxygen atoms in total. The molecule has 0 radical (unpaired) electrons. The van der Waals surface area contributed by atoms with E-state index in [1.165, 1.54) is 0 Å². The number of aryl methyl sites for hydroxylation is 1. The van der Waals surface area contributed by atoms with Crippen molar-refractivity contribution in [2.45, 2.75) is 33.4 Å². The first-order valence-electron chi connectivity index (χ1n) is 8.73. The molecular formula is C19H28N4O2S. The van der Waals surface area contributed by atoms with Crippen LogP contribution in [0.15, 0.2) is 34.6 Å². The van der Waals surface area contributed by atoms with Crippen LogP contribution in [0, 0.1) is 6.92 Å². The Bertz CT molecular complexity index is 717. The molecular weight excluding hydrogens is 348 g/mol. The van der Waals surface area contributed by atoms with Gasteiger partial charge in [0.25, 0.3) is 0 Å². The molecule has 1 unspecified atom stereocenters. The Morgan fingerprint density at radius 3 is 2.81 bits per heavy atom. The first-order valence-corrected chi connectivity index (χ1v) is 9.61. The van der Waals surface area contributed by atoms with Crippen molar-refractivity contribution in [2.24, 2.45) is 4.99 Å². The van der Waals surface area contributed by atoms with E-state index in [9.17, 15) is 0 Å². The topological polar surface area (TPSA) is 59.0 Å². The maximum absolute atomic E-state index is 5.94. The molecule has 0 saturated carbocycles. The fourth-order valence-corrected chi connectivity index (χ4v) is 3.03. The predicted octanol–water partition coefficient (Wildman–Crippen LogP) is 3.32. The minimum absolute atomic E-state index is 0.0503. The highest BCUT2D eigenvalue weighted by atomic mass is 32.1. The average molecular weight is 377 g/mol. The predicted molar refractivity (Wildman–Crippen MR) is 107 cm³/mol. The zero-order valence-corrected chi connectivity index (χ0v) is 17.0. The molecule has 7 heteroatoms. The Balaban J connectivity index is 1.95. The fourth-order valence-electron chi connectivity index (χ4n) is 2.43. The summed E-state index contributed by atoms with van der Waals surface area (Å²) in [7, 11) is 3.67. The maximum Gasteiger partial charge on any atom is 0.194 e. The summed E-state index contributed by atoms with van der Waals surface area (Å²) in [4.78, 5) is 11.3. The van der Waals surface area contributed by atoms with Crippen molar-refractivity contribution in [2.75, 3.05) is 27.2 Å².